The molecule has 8 nitrogen and oxygen atoms in total. The zero-order chi connectivity index (χ0) is 25.2. The largest absolute Gasteiger partial charge is 0.481 e. The van der Waals surface area contributed by atoms with Crippen molar-refractivity contribution in [3.05, 3.63) is 65.4 Å². The molecule has 35 heavy (non-hydrogen) atoms. The molecule has 1 heterocycles. The second-order valence-electron chi connectivity index (χ2n) is 8.87. The zero-order valence-electron chi connectivity index (χ0n) is 20.5. The van der Waals surface area contributed by atoms with Gasteiger partial charge in [-0.3, -0.25) is 9.63 Å². The number of fused-ring (bicyclic) bond motifs is 3. The van der Waals surface area contributed by atoms with Crippen molar-refractivity contribution in [2.24, 2.45) is 5.73 Å². The fourth-order valence-corrected chi connectivity index (χ4v) is 5.09. The van der Waals surface area contributed by atoms with Crippen molar-refractivity contribution < 1.29 is 28.6 Å². The van der Waals surface area contributed by atoms with Gasteiger partial charge in [0.15, 0.2) is 6.61 Å². The van der Waals surface area contributed by atoms with Crippen LogP contribution in [0.15, 0.2) is 48.5 Å². The van der Waals surface area contributed by atoms with E-state index in [1.165, 1.54) is 6.92 Å². The number of quaternary nitrogens is 1. The monoisotopic (exact) mass is 478 g/mol. The maximum Gasteiger partial charge on any atom is 0.404 e. The number of carbonyl (C=O) groups excluding carboxylic acids is 3. The molecule has 0 aliphatic heterocycles. The van der Waals surface area contributed by atoms with Crippen molar-refractivity contribution in [2.75, 3.05) is 19.7 Å². The van der Waals surface area contributed by atoms with Gasteiger partial charge in [-0.2, -0.15) is 0 Å². The first kappa shape index (κ1) is 24.5. The Kier molecular flexibility index (Phi) is 6.93. The number of hydrogen-bond donors (Lipinski definition) is 1. The highest BCUT2D eigenvalue weighted by molar-refractivity contribution is 5.97. The molecule has 0 radical (unpaired) electrons. The van der Waals surface area contributed by atoms with Crippen molar-refractivity contribution in [2.45, 2.75) is 46.1 Å². The summed E-state index contributed by atoms with van der Waals surface area (Å²) in [6.45, 7) is 5.96. The van der Waals surface area contributed by atoms with Crippen molar-refractivity contribution in [1.29, 1.82) is 0 Å². The lowest BCUT2D eigenvalue weighted by Crippen LogP contribution is -2.53. The van der Waals surface area contributed by atoms with E-state index >= 15 is 0 Å². The predicted molar refractivity (Wildman–Crippen MR) is 131 cm³/mol. The van der Waals surface area contributed by atoms with Gasteiger partial charge in [0.2, 0.25) is 5.91 Å². The Labute approximate surface area is 204 Å². The smallest absolute Gasteiger partial charge is 0.404 e. The third kappa shape index (κ3) is 4.53. The Hall–Kier alpha value is -3.65. The van der Waals surface area contributed by atoms with E-state index in [9.17, 15) is 14.4 Å². The molecule has 4 rings (SSSR count). The van der Waals surface area contributed by atoms with Gasteiger partial charge in [-0.1, -0.05) is 41.0 Å². The molecule has 1 atom stereocenters. The van der Waals surface area contributed by atoms with E-state index in [0.29, 0.717) is 31.8 Å². The van der Waals surface area contributed by atoms with Gasteiger partial charge in [-0.15, -0.1) is 0 Å². The molecule has 3 aromatic rings. The Balaban J connectivity index is 1.69. The van der Waals surface area contributed by atoms with Crippen LogP contribution in [0.1, 0.15) is 49.9 Å². The van der Waals surface area contributed by atoms with Gasteiger partial charge in [0.05, 0.1) is 18.4 Å². The molecular weight excluding hydrogens is 446 g/mol. The number of hydroxylamine groups is 3. The van der Waals surface area contributed by atoms with E-state index < -0.39 is 11.9 Å². The summed E-state index contributed by atoms with van der Waals surface area (Å²) in [5, 5.41) is 0.797. The van der Waals surface area contributed by atoms with Gasteiger partial charge in [-0.05, 0) is 49.9 Å². The first-order valence-corrected chi connectivity index (χ1v) is 12.0. The quantitative estimate of drug-likeness (QED) is 0.395. The van der Waals surface area contributed by atoms with Crippen LogP contribution in [0.2, 0.25) is 0 Å². The Morgan fingerprint density at radius 2 is 1.77 bits per heavy atom. The van der Waals surface area contributed by atoms with Crippen LogP contribution in [0.3, 0.4) is 0 Å². The molecule has 0 saturated heterocycles. The molecule has 1 aliphatic rings. The van der Waals surface area contributed by atoms with Crippen molar-refractivity contribution in [3.8, 4) is 5.75 Å². The summed E-state index contributed by atoms with van der Waals surface area (Å²) in [6.07, 6.45) is 1.38. The molecule has 0 fully saturated rings. The molecule has 184 valence electrons. The maximum atomic E-state index is 12.6. The van der Waals surface area contributed by atoms with Gasteiger partial charge in [0, 0.05) is 17.6 Å². The Bertz CT molecular complexity index is 1260. The van der Waals surface area contributed by atoms with E-state index in [0.717, 1.165) is 34.1 Å². The molecule has 1 aliphatic carbocycles. The lowest BCUT2D eigenvalue weighted by atomic mass is 9.99. The summed E-state index contributed by atoms with van der Waals surface area (Å²) in [4.78, 5) is 42.6. The highest BCUT2D eigenvalue weighted by Crippen LogP contribution is 2.44. The van der Waals surface area contributed by atoms with Crippen LogP contribution in [-0.4, -0.2) is 46.7 Å². The molecule has 1 aromatic heterocycles. The standard InChI is InChI=1S/C27H31N3O5/c1-4-30(5-2,18(3)31)35-24(32)17-34-23-13-9-12-21-26(23)25-20(27(28)33)14-15-22(25)29(21)16-19-10-7-6-8-11-19/h6-13,20H,4-5,14-17H2,1-3H3,(H-,28,33)/p+1. The average molecular weight is 479 g/mol. The number of rotatable bonds is 8. The van der Waals surface area contributed by atoms with E-state index in [4.69, 9.17) is 15.3 Å². The minimum absolute atomic E-state index is 0.245. The van der Waals surface area contributed by atoms with Crippen LogP contribution in [0.5, 0.6) is 5.75 Å². The maximum absolute atomic E-state index is 12.6. The molecule has 2 aromatic carbocycles. The molecule has 0 bridgehead atoms. The van der Waals surface area contributed by atoms with Gasteiger partial charge in [0.1, 0.15) is 18.8 Å². The number of nitrogens with zero attached hydrogens (tertiary/aromatic N) is 2. The summed E-state index contributed by atoms with van der Waals surface area (Å²) >= 11 is 0. The number of ether oxygens (including phenoxy) is 1. The fourth-order valence-electron chi connectivity index (χ4n) is 5.09. The number of amides is 2. The first-order valence-electron chi connectivity index (χ1n) is 12.0. The lowest BCUT2D eigenvalue weighted by Gasteiger charge is -2.28. The average Bonchev–Trinajstić information content (AvgIpc) is 3.41. The van der Waals surface area contributed by atoms with Gasteiger partial charge in [-0.25, -0.2) is 9.59 Å². The lowest BCUT2D eigenvalue weighted by molar-refractivity contribution is -1.02. The third-order valence-corrected chi connectivity index (χ3v) is 6.96. The highest BCUT2D eigenvalue weighted by atomic mass is 16.8. The first-order chi connectivity index (χ1) is 16.8. The molecule has 2 N–H and O–H groups in total. The number of carbonyl (C=O) groups is 3. The highest BCUT2D eigenvalue weighted by Gasteiger charge is 2.37. The summed E-state index contributed by atoms with van der Waals surface area (Å²) in [5.41, 5.74) is 9.78. The predicted octanol–water partition coefficient (Wildman–Crippen LogP) is 3.44. The van der Waals surface area contributed by atoms with E-state index in [-0.39, 0.29) is 23.1 Å². The second kappa shape index (κ2) is 9.92. The summed E-state index contributed by atoms with van der Waals surface area (Å²) in [7, 11) is 0. The Morgan fingerprint density at radius 1 is 1.06 bits per heavy atom. The van der Waals surface area contributed by atoms with Crippen LogP contribution in [-0.2, 0) is 32.2 Å². The third-order valence-electron chi connectivity index (χ3n) is 6.96. The van der Waals surface area contributed by atoms with Gasteiger partial charge < -0.3 is 15.0 Å². The molecule has 0 saturated carbocycles. The van der Waals surface area contributed by atoms with Crippen molar-refractivity contribution in [3.63, 3.8) is 0 Å². The second-order valence-corrected chi connectivity index (χ2v) is 8.87. The number of aromatic nitrogens is 1. The van der Waals surface area contributed by atoms with E-state index in [2.05, 4.69) is 16.7 Å². The number of hydrogen-bond acceptors (Lipinski definition) is 5. The van der Waals surface area contributed by atoms with Gasteiger partial charge >= 0.3 is 11.9 Å². The fraction of sp³-hybridized carbons (Fsp3) is 0.370. The SMILES string of the molecule is CC[N+](CC)(OC(=O)COc1cccc2c1c1c(n2Cc2ccccc2)CCC1C(N)=O)C(C)=O. The van der Waals surface area contributed by atoms with Crippen molar-refractivity contribution in [1.82, 2.24) is 4.57 Å². The van der Waals surface area contributed by atoms with Gasteiger partial charge in [0.25, 0.3) is 0 Å². The van der Waals surface area contributed by atoms with E-state index in [1.54, 1.807) is 19.9 Å². The molecule has 0 spiro atoms. The zero-order valence-corrected chi connectivity index (χ0v) is 20.5. The summed E-state index contributed by atoms with van der Waals surface area (Å²) < 4.78 is 7.77. The molecule has 1 unspecified atom stereocenters. The minimum atomic E-state index is -0.632. The number of primary amides is 1. The minimum Gasteiger partial charge on any atom is -0.481 e. The van der Waals surface area contributed by atoms with Crippen LogP contribution in [0.25, 0.3) is 10.9 Å². The topological polar surface area (TPSA) is 101 Å². The van der Waals surface area contributed by atoms with Crippen LogP contribution in [0, 0.1) is 0 Å². The van der Waals surface area contributed by atoms with Crippen LogP contribution < -0.4 is 10.5 Å². The number of benzene rings is 2. The summed E-state index contributed by atoms with van der Waals surface area (Å²) in [6, 6.07) is 15.8. The molecular formula is C27H32N3O5+. The summed E-state index contributed by atoms with van der Waals surface area (Å²) in [5.74, 6) is -1.17. The molecule has 2 amide bonds. The van der Waals surface area contributed by atoms with Crippen LogP contribution >= 0.6 is 0 Å². The Morgan fingerprint density at radius 3 is 2.40 bits per heavy atom. The van der Waals surface area contributed by atoms with E-state index in [1.807, 2.05) is 30.3 Å². The van der Waals surface area contributed by atoms with Crippen LogP contribution in [0.4, 0.5) is 0 Å². The molecule has 8 heteroatoms. The van der Waals surface area contributed by atoms with Crippen molar-refractivity contribution >= 4 is 28.7 Å². The number of nitrogens with two attached hydrogens (primary N) is 1. The normalized spacial score (nSPS) is 15.1.